The molecule has 0 bridgehead atoms. The zero-order valence-electron chi connectivity index (χ0n) is 14.9. The summed E-state index contributed by atoms with van der Waals surface area (Å²) in [5.41, 5.74) is 3.43. The van der Waals surface area contributed by atoms with Crippen LogP contribution in [0.2, 0.25) is 0 Å². The Morgan fingerprint density at radius 2 is 1.80 bits per heavy atom. The number of hydrogen-bond donors (Lipinski definition) is 2. The van der Waals surface area contributed by atoms with Gasteiger partial charge in [0.2, 0.25) is 5.91 Å². The second-order valence-electron chi connectivity index (χ2n) is 5.82. The maximum Gasteiger partial charge on any atom is 0.251 e. The van der Waals surface area contributed by atoms with Gasteiger partial charge in [0.05, 0.1) is 12.3 Å². The molecule has 25 heavy (non-hydrogen) atoms. The van der Waals surface area contributed by atoms with Crippen molar-refractivity contribution < 1.29 is 14.3 Å². The van der Waals surface area contributed by atoms with E-state index in [9.17, 15) is 9.59 Å². The fourth-order valence-electron chi connectivity index (χ4n) is 2.43. The summed E-state index contributed by atoms with van der Waals surface area (Å²) in [6, 6.07) is 13.1. The van der Waals surface area contributed by atoms with E-state index >= 15 is 0 Å². The highest BCUT2D eigenvalue weighted by Gasteiger charge is 2.08. The molecule has 0 aliphatic rings. The Hall–Kier alpha value is -2.82. The molecule has 5 heteroatoms. The molecule has 0 aromatic heterocycles. The SMILES string of the molecule is CCOc1ccc(CCNC(=O)c2ccc(C)cc2)cc1NC(C)=O. The van der Waals surface area contributed by atoms with Crippen molar-refractivity contribution in [2.45, 2.75) is 27.2 Å². The molecule has 0 fully saturated rings. The minimum absolute atomic E-state index is 0.0898. The largest absolute Gasteiger partial charge is 0.492 e. The van der Waals surface area contributed by atoms with Gasteiger partial charge in [-0.3, -0.25) is 9.59 Å². The van der Waals surface area contributed by atoms with Gasteiger partial charge in [-0.2, -0.15) is 0 Å². The number of rotatable bonds is 7. The molecule has 0 aliphatic heterocycles. The predicted molar refractivity (Wildman–Crippen MR) is 99.1 cm³/mol. The van der Waals surface area contributed by atoms with E-state index in [0.29, 0.717) is 36.6 Å². The summed E-state index contributed by atoms with van der Waals surface area (Å²) in [6.45, 7) is 6.38. The number of hydrogen-bond acceptors (Lipinski definition) is 3. The molecule has 2 rings (SSSR count). The molecule has 0 heterocycles. The van der Waals surface area contributed by atoms with Crippen LogP contribution < -0.4 is 15.4 Å². The third kappa shape index (κ3) is 5.64. The third-order valence-electron chi connectivity index (χ3n) is 3.67. The lowest BCUT2D eigenvalue weighted by atomic mass is 10.1. The summed E-state index contributed by atoms with van der Waals surface area (Å²) >= 11 is 0. The standard InChI is InChI=1S/C20H24N2O3/c1-4-25-19-10-7-16(13-18(19)22-15(3)23)11-12-21-20(24)17-8-5-14(2)6-9-17/h5-10,13H,4,11-12H2,1-3H3,(H,21,24)(H,22,23). The van der Waals surface area contributed by atoms with Crippen LogP contribution in [-0.4, -0.2) is 25.0 Å². The molecule has 132 valence electrons. The summed E-state index contributed by atoms with van der Waals surface area (Å²) in [6.07, 6.45) is 0.663. The first-order valence-corrected chi connectivity index (χ1v) is 8.37. The maximum atomic E-state index is 12.1. The lowest BCUT2D eigenvalue weighted by molar-refractivity contribution is -0.114. The van der Waals surface area contributed by atoms with Crippen LogP contribution in [0.25, 0.3) is 0 Å². The van der Waals surface area contributed by atoms with Gasteiger partial charge in [0.15, 0.2) is 0 Å². The monoisotopic (exact) mass is 340 g/mol. The highest BCUT2D eigenvalue weighted by atomic mass is 16.5. The van der Waals surface area contributed by atoms with Crippen LogP contribution in [0.4, 0.5) is 5.69 Å². The highest BCUT2D eigenvalue weighted by Crippen LogP contribution is 2.26. The molecule has 0 spiro atoms. The highest BCUT2D eigenvalue weighted by molar-refractivity contribution is 5.94. The summed E-state index contributed by atoms with van der Waals surface area (Å²) < 4.78 is 5.52. The normalized spacial score (nSPS) is 10.2. The number of carbonyl (C=O) groups excluding carboxylic acids is 2. The summed E-state index contributed by atoms with van der Waals surface area (Å²) in [4.78, 5) is 23.5. The van der Waals surface area contributed by atoms with Crippen molar-refractivity contribution in [1.29, 1.82) is 0 Å². The van der Waals surface area contributed by atoms with Crippen LogP contribution in [0, 0.1) is 6.92 Å². The fraction of sp³-hybridized carbons (Fsp3) is 0.300. The number of ether oxygens (including phenoxy) is 1. The Kier molecular flexibility index (Phi) is 6.57. The van der Waals surface area contributed by atoms with Crippen molar-refractivity contribution in [2.24, 2.45) is 0 Å². The molecule has 2 amide bonds. The van der Waals surface area contributed by atoms with Crippen LogP contribution >= 0.6 is 0 Å². The third-order valence-corrected chi connectivity index (χ3v) is 3.67. The van der Waals surface area contributed by atoms with E-state index in [0.717, 1.165) is 11.1 Å². The molecule has 0 aliphatic carbocycles. The van der Waals surface area contributed by atoms with Gasteiger partial charge >= 0.3 is 0 Å². The molecule has 0 saturated heterocycles. The van der Waals surface area contributed by atoms with Gasteiger partial charge < -0.3 is 15.4 Å². The van der Waals surface area contributed by atoms with Crippen molar-refractivity contribution in [3.63, 3.8) is 0 Å². The van der Waals surface area contributed by atoms with Gasteiger partial charge in [-0.25, -0.2) is 0 Å². The van der Waals surface area contributed by atoms with Crippen LogP contribution in [0.3, 0.4) is 0 Å². The van der Waals surface area contributed by atoms with Crippen LogP contribution in [0.1, 0.15) is 35.3 Å². The summed E-state index contributed by atoms with van der Waals surface area (Å²) in [5, 5.41) is 5.69. The van der Waals surface area contributed by atoms with E-state index in [1.54, 1.807) is 0 Å². The van der Waals surface area contributed by atoms with Gasteiger partial charge in [0.1, 0.15) is 5.75 Å². The molecule has 2 N–H and O–H groups in total. The van der Waals surface area contributed by atoms with Gasteiger partial charge in [-0.1, -0.05) is 23.8 Å². The molecule has 0 unspecified atom stereocenters. The topological polar surface area (TPSA) is 67.4 Å². The lowest BCUT2D eigenvalue weighted by Crippen LogP contribution is -2.25. The first kappa shape index (κ1) is 18.5. The predicted octanol–water partition coefficient (Wildman–Crippen LogP) is 3.32. The van der Waals surface area contributed by atoms with Crippen LogP contribution in [0.15, 0.2) is 42.5 Å². The Labute approximate surface area is 148 Å². The van der Waals surface area contributed by atoms with Crippen molar-refractivity contribution in [3.05, 3.63) is 59.2 Å². The first-order chi connectivity index (χ1) is 12.0. The molecular formula is C20H24N2O3. The number of carbonyl (C=O) groups is 2. The Morgan fingerprint density at radius 3 is 2.44 bits per heavy atom. The molecule has 0 atom stereocenters. The van der Waals surface area contributed by atoms with E-state index in [2.05, 4.69) is 10.6 Å². The maximum absolute atomic E-state index is 12.1. The number of anilines is 1. The molecule has 2 aromatic rings. The molecule has 0 radical (unpaired) electrons. The summed E-state index contributed by atoms with van der Waals surface area (Å²) in [5.74, 6) is 0.406. The van der Waals surface area contributed by atoms with Crippen molar-refractivity contribution in [3.8, 4) is 5.75 Å². The molecule has 2 aromatic carbocycles. The van der Waals surface area contributed by atoms with Gasteiger partial charge in [0, 0.05) is 19.0 Å². The average molecular weight is 340 g/mol. The number of amides is 2. The zero-order valence-corrected chi connectivity index (χ0v) is 14.9. The van der Waals surface area contributed by atoms with Gasteiger partial charge in [-0.05, 0) is 50.1 Å². The van der Waals surface area contributed by atoms with E-state index < -0.39 is 0 Å². The number of benzene rings is 2. The molecule has 0 saturated carbocycles. The quantitative estimate of drug-likeness (QED) is 0.812. The average Bonchev–Trinajstić information content (AvgIpc) is 2.57. The number of aryl methyl sites for hydroxylation is 1. The zero-order chi connectivity index (χ0) is 18.2. The van der Waals surface area contributed by atoms with Gasteiger partial charge in [-0.15, -0.1) is 0 Å². The Bertz CT molecular complexity index is 739. The van der Waals surface area contributed by atoms with Crippen molar-refractivity contribution >= 4 is 17.5 Å². The van der Waals surface area contributed by atoms with Crippen LogP contribution in [-0.2, 0) is 11.2 Å². The smallest absolute Gasteiger partial charge is 0.251 e. The second kappa shape index (κ2) is 8.87. The number of nitrogens with one attached hydrogen (secondary N) is 2. The van der Waals surface area contributed by atoms with E-state index in [1.165, 1.54) is 6.92 Å². The van der Waals surface area contributed by atoms with Gasteiger partial charge in [0.25, 0.3) is 5.91 Å². The first-order valence-electron chi connectivity index (χ1n) is 8.37. The minimum Gasteiger partial charge on any atom is -0.492 e. The second-order valence-corrected chi connectivity index (χ2v) is 5.82. The molecular weight excluding hydrogens is 316 g/mol. The van der Waals surface area contributed by atoms with E-state index in [4.69, 9.17) is 4.74 Å². The fourth-order valence-corrected chi connectivity index (χ4v) is 2.43. The van der Waals surface area contributed by atoms with E-state index in [1.807, 2.05) is 56.3 Å². The van der Waals surface area contributed by atoms with Crippen molar-refractivity contribution in [2.75, 3.05) is 18.5 Å². The van der Waals surface area contributed by atoms with Crippen LogP contribution in [0.5, 0.6) is 5.75 Å². The Morgan fingerprint density at radius 1 is 1.08 bits per heavy atom. The van der Waals surface area contributed by atoms with E-state index in [-0.39, 0.29) is 11.8 Å². The molecule has 5 nitrogen and oxygen atoms in total. The summed E-state index contributed by atoms with van der Waals surface area (Å²) in [7, 11) is 0. The van der Waals surface area contributed by atoms with Crippen molar-refractivity contribution in [1.82, 2.24) is 5.32 Å². The lowest BCUT2D eigenvalue weighted by Gasteiger charge is -2.13. The Balaban J connectivity index is 1.96. The minimum atomic E-state index is -0.147.